The van der Waals surface area contributed by atoms with Crippen molar-refractivity contribution >= 4 is 11.6 Å². The average molecular weight is 366 g/mol. The second-order valence-electron chi connectivity index (χ2n) is 7.62. The predicted molar refractivity (Wildman–Crippen MR) is 112 cm³/mol. The fourth-order valence-corrected chi connectivity index (χ4v) is 3.63. The first-order chi connectivity index (χ1) is 13.1. The molecule has 4 heteroatoms. The Kier molecular flexibility index (Phi) is 6.88. The summed E-state index contributed by atoms with van der Waals surface area (Å²) < 4.78 is 0. The molecule has 144 valence electrons. The van der Waals surface area contributed by atoms with E-state index in [1.165, 1.54) is 36.1 Å². The van der Waals surface area contributed by atoms with Crippen LogP contribution < -0.4 is 4.90 Å². The number of nitrogens with zero attached hydrogens (tertiary/aromatic N) is 3. The van der Waals surface area contributed by atoms with Gasteiger partial charge in [0, 0.05) is 38.9 Å². The Morgan fingerprint density at radius 1 is 0.852 bits per heavy atom. The van der Waals surface area contributed by atoms with Crippen LogP contribution in [0.3, 0.4) is 0 Å². The van der Waals surface area contributed by atoms with E-state index in [0.717, 1.165) is 19.6 Å². The quantitative estimate of drug-likeness (QED) is 0.747. The minimum atomic E-state index is 0.147. The van der Waals surface area contributed by atoms with E-state index in [9.17, 15) is 4.79 Å². The summed E-state index contributed by atoms with van der Waals surface area (Å²) in [5, 5.41) is 0. The van der Waals surface area contributed by atoms with Crippen LogP contribution in [0.1, 0.15) is 30.4 Å². The van der Waals surface area contributed by atoms with Crippen molar-refractivity contribution in [2.75, 3.05) is 38.6 Å². The first-order valence-electron chi connectivity index (χ1n) is 9.92. The van der Waals surface area contributed by atoms with Gasteiger partial charge in [-0.25, -0.2) is 0 Å². The van der Waals surface area contributed by atoms with Gasteiger partial charge in [0.15, 0.2) is 0 Å². The lowest BCUT2D eigenvalue weighted by atomic mass is 10.1. The van der Waals surface area contributed by atoms with Gasteiger partial charge in [-0.2, -0.15) is 0 Å². The Hall–Kier alpha value is -2.33. The highest BCUT2D eigenvalue weighted by Gasteiger charge is 2.14. The lowest BCUT2D eigenvalue weighted by Gasteiger charge is -2.29. The van der Waals surface area contributed by atoms with Crippen LogP contribution >= 0.6 is 0 Å². The first-order valence-corrected chi connectivity index (χ1v) is 9.92. The minimum Gasteiger partial charge on any atom is -0.372 e. The van der Waals surface area contributed by atoms with E-state index < -0.39 is 0 Å². The second-order valence-corrected chi connectivity index (χ2v) is 7.62. The Morgan fingerprint density at radius 3 is 2.15 bits per heavy atom. The predicted octanol–water partition coefficient (Wildman–Crippen LogP) is 3.77. The first kappa shape index (κ1) is 19.4. The fraction of sp³-hybridized carbons (Fsp3) is 0.435. The SMILES string of the molecule is CN(CC(=O)N(C)Cc1ccc(N2CCCCC2)cc1)Cc1ccccc1. The molecule has 27 heavy (non-hydrogen) atoms. The molecule has 0 saturated carbocycles. The molecule has 1 saturated heterocycles. The largest absolute Gasteiger partial charge is 0.372 e. The molecular formula is C23H31N3O. The zero-order valence-electron chi connectivity index (χ0n) is 16.6. The van der Waals surface area contributed by atoms with Crippen molar-refractivity contribution in [2.24, 2.45) is 0 Å². The van der Waals surface area contributed by atoms with Crippen LogP contribution in [0.15, 0.2) is 54.6 Å². The smallest absolute Gasteiger partial charge is 0.236 e. The molecule has 0 bridgehead atoms. The number of piperidine rings is 1. The summed E-state index contributed by atoms with van der Waals surface area (Å²) in [5.41, 5.74) is 3.70. The third kappa shape index (κ3) is 5.83. The molecular weight excluding hydrogens is 334 g/mol. The van der Waals surface area contributed by atoms with Gasteiger partial charge in [-0.1, -0.05) is 42.5 Å². The molecule has 2 aromatic rings. The molecule has 0 aromatic heterocycles. The van der Waals surface area contributed by atoms with E-state index in [4.69, 9.17) is 0 Å². The molecule has 1 amide bonds. The topological polar surface area (TPSA) is 26.8 Å². The molecule has 4 nitrogen and oxygen atoms in total. The molecule has 2 aromatic carbocycles. The van der Waals surface area contributed by atoms with Crippen molar-refractivity contribution in [3.63, 3.8) is 0 Å². The van der Waals surface area contributed by atoms with E-state index >= 15 is 0 Å². The second kappa shape index (κ2) is 9.56. The molecule has 1 aliphatic heterocycles. The highest BCUT2D eigenvalue weighted by Crippen LogP contribution is 2.20. The highest BCUT2D eigenvalue weighted by molar-refractivity contribution is 5.78. The van der Waals surface area contributed by atoms with Crippen LogP contribution in [0.5, 0.6) is 0 Å². The van der Waals surface area contributed by atoms with Crippen molar-refractivity contribution in [2.45, 2.75) is 32.4 Å². The van der Waals surface area contributed by atoms with Crippen LogP contribution in [0.2, 0.25) is 0 Å². The zero-order chi connectivity index (χ0) is 19.1. The summed E-state index contributed by atoms with van der Waals surface area (Å²) in [4.78, 5) is 18.9. The van der Waals surface area contributed by atoms with E-state index in [1.54, 1.807) is 0 Å². The van der Waals surface area contributed by atoms with Gasteiger partial charge in [0.05, 0.1) is 6.54 Å². The van der Waals surface area contributed by atoms with Crippen molar-refractivity contribution < 1.29 is 4.79 Å². The zero-order valence-corrected chi connectivity index (χ0v) is 16.6. The lowest BCUT2D eigenvalue weighted by molar-refractivity contribution is -0.131. The van der Waals surface area contributed by atoms with Gasteiger partial charge in [0.1, 0.15) is 0 Å². The number of hydrogen-bond acceptors (Lipinski definition) is 3. The summed E-state index contributed by atoms with van der Waals surface area (Å²) in [7, 11) is 3.88. The van der Waals surface area contributed by atoms with Crippen molar-refractivity contribution in [1.82, 2.24) is 9.80 Å². The number of benzene rings is 2. The summed E-state index contributed by atoms with van der Waals surface area (Å²) in [6, 6.07) is 19.0. The molecule has 3 rings (SSSR count). The highest BCUT2D eigenvalue weighted by atomic mass is 16.2. The van der Waals surface area contributed by atoms with Gasteiger partial charge < -0.3 is 9.80 Å². The molecule has 1 fully saturated rings. The van der Waals surface area contributed by atoms with Gasteiger partial charge in [0.25, 0.3) is 0 Å². The van der Waals surface area contributed by atoms with Crippen LogP contribution in [-0.2, 0) is 17.9 Å². The molecule has 1 aliphatic rings. The monoisotopic (exact) mass is 365 g/mol. The maximum atomic E-state index is 12.5. The number of carbonyl (C=O) groups excluding carboxylic acids is 1. The Bertz CT molecular complexity index is 708. The number of amides is 1. The number of likely N-dealkylation sites (N-methyl/N-ethyl adjacent to an activating group) is 2. The number of carbonyl (C=O) groups is 1. The standard InChI is InChI=1S/C23H31N3O/c1-24(17-20-9-5-3-6-10-20)19-23(27)25(2)18-21-11-13-22(14-12-21)26-15-7-4-8-16-26/h3,5-6,9-14H,4,7-8,15-19H2,1-2H3. The Balaban J connectivity index is 1.48. The fourth-order valence-electron chi connectivity index (χ4n) is 3.63. The third-order valence-corrected chi connectivity index (χ3v) is 5.20. The summed E-state index contributed by atoms with van der Waals surface area (Å²) in [6.07, 6.45) is 3.92. The Labute approximate surface area is 163 Å². The van der Waals surface area contributed by atoms with E-state index in [2.05, 4.69) is 46.2 Å². The molecule has 0 N–H and O–H groups in total. The van der Waals surface area contributed by atoms with Crippen LogP contribution in [0, 0.1) is 0 Å². The van der Waals surface area contributed by atoms with Crippen molar-refractivity contribution in [3.8, 4) is 0 Å². The molecule has 1 heterocycles. The minimum absolute atomic E-state index is 0.147. The molecule has 0 unspecified atom stereocenters. The molecule has 0 radical (unpaired) electrons. The molecule has 0 spiro atoms. The average Bonchev–Trinajstić information content (AvgIpc) is 2.70. The van der Waals surface area contributed by atoms with Gasteiger partial charge >= 0.3 is 0 Å². The molecule has 0 atom stereocenters. The normalized spacial score (nSPS) is 14.4. The van der Waals surface area contributed by atoms with Crippen LogP contribution in [0.4, 0.5) is 5.69 Å². The van der Waals surface area contributed by atoms with E-state index in [0.29, 0.717) is 13.1 Å². The van der Waals surface area contributed by atoms with Crippen LogP contribution in [-0.4, -0.2) is 49.4 Å². The van der Waals surface area contributed by atoms with Crippen LogP contribution in [0.25, 0.3) is 0 Å². The number of anilines is 1. The maximum absolute atomic E-state index is 12.5. The summed E-state index contributed by atoms with van der Waals surface area (Å²) in [6.45, 7) is 4.18. The molecule has 0 aliphatic carbocycles. The van der Waals surface area contributed by atoms with E-state index in [-0.39, 0.29) is 5.91 Å². The lowest BCUT2D eigenvalue weighted by Crippen LogP contribution is -2.36. The van der Waals surface area contributed by atoms with Gasteiger partial charge in [-0.3, -0.25) is 9.69 Å². The van der Waals surface area contributed by atoms with Crippen molar-refractivity contribution in [1.29, 1.82) is 0 Å². The van der Waals surface area contributed by atoms with Crippen molar-refractivity contribution in [3.05, 3.63) is 65.7 Å². The summed E-state index contributed by atoms with van der Waals surface area (Å²) in [5.74, 6) is 0.147. The van der Waals surface area contributed by atoms with Gasteiger partial charge in [-0.05, 0) is 49.6 Å². The third-order valence-electron chi connectivity index (χ3n) is 5.20. The Morgan fingerprint density at radius 2 is 1.48 bits per heavy atom. The van der Waals surface area contributed by atoms with Gasteiger partial charge in [-0.15, -0.1) is 0 Å². The summed E-state index contributed by atoms with van der Waals surface area (Å²) >= 11 is 0. The number of hydrogen-bond donors (Lipinski definition) is 0. The van der Waals surface area contributed by atoms with Gasteiger partial charge in [0.2, 0.25) is 5.91 Å². The maximum Gasteiger partial charge on any atom is 0.236 e. The number of rotatable bonds is 7. The van der Waals surface area contributed by atoms with E-state index in [1.807, 2.05) is 37.2 Å².